The van der Waals surface area contributed by atoms with Gasteiger partial charge in [-0.05, 0) is 18.6 Å². The van der Waals surface area contributed by atoms with Crippen LogP contribution in [0.2, 0.25) is 0 Å². The molecule has 0 bridgehead atoms. The molecule has 5 heteroatoms. The van der Waals surface area contributed by atoms with E-state index in [1.807, 2.05) is 11.1 Å². The first-order valence-corrected chi connectivity index (χ1v) is 5.29. The molecule has 0 spiro atoms. The minimum absolute atomic E-state index is 0.246. The summed E-state index contributed by atoms with van der Waals surface area (Å²) in [6.45, 7) is 1.49. The van der Waals surface area contributed by atoms with Crippen molar-refractivity contribution in [2.75, 3.05) is 20.3 Å². The lowest BCUT2D eigenvalue weighted by Gasteiger charge is -2.29. The maximum absolute atomic E-state index is 11.1. The van der Waals surface area contributed by atoms with E-state index in [2.05, 4.69) is 12.6 Å². The lowest BCUT2D eigenvalue weighted by Crippen LogP contribution is -2.35. The molecule has 0 aromatic carbocycles. The molecule has 0 aromatic rings. The topological polar surface area (TPSA) is 55.6 Å². The molecule has 1 atom stereocenters. The third-order valence-corrected chi connectivity index (χ3v) is 2.77. The number of nitrogens with two attached hydrogens (primary N) is 1. The second kappa shape index (κ2) is 5.82. The fourth-order valence-electron chi connectivity index (χ4n) is 1.40. The molecule has 1 unspecified atom stereocenters. The lowest BCUT2D eigenvalue weighted by atomic mass is 10.1. The molecule has 84 valence electrons. The monoisotopic (exact) mass is 228 g/mol. The second-order valence-electron chi connectivity index (χ2n) is 3.29. The Labute approximate surface area is 95.2 Å². The number of amides is 1. The highest BCUT2D eigenvalue weighted by molar-refractivity contribution is 7.81. The highest BCUT2D eigenvalue weighted by Gasteiger charge is 2.21. The van der Waals surface area contributed by atoms with E-state index in [1.54, 1.807) is 19.3 Å². The number of rotatable bonds is 5. The lowest BCUT2D eigenvalue weighted by molar-refractivity contribution is -0.114. The van der Waals surface area contributed by atoms with Crippen molar-refractivity contribution < 1.29 is 9.53 Å². The van der Waals surface area contributed by atoms with Crippen LogP contribution in [0.25, 0.3) is 0 Å². The number of hydrogen-bond acceptors (Lipinski definition) is 4. The summed E-state index contributed by atoms with van der Waals surface area (Å²) in [6.07, 6.45) is 6.30. The standard InChI is InChI=1S/C10H16N2O2S/c1-14-7-3-6-12-5-2-4-8(9(11)13)10(12)15/h2,4-5,10,15H,3,6-7H2,1H3,(H2,11,13). The van der Waals surface area contributed by atoms with Gasteiger partial charge in [-0.2, -0.15) is 0 Å². The molecule has 1 rings (SSSR count). The first kappa shape index (κ1) is 12.1. The predicted molar refractivity (Wildman–Crippen MR) is 62.4 cm³/mol. The fourth-order valence-corrected chi connectivity index (χ4v) is 1.81. The molecule has 0 aromatic heterocycles. The number of carbonyl (C=O) groups is 1. The number of nitrogens with zero attached hydrogens (tertiary/aromatic N) is 1. The van der Waals surface area contributed by atoms with E-state index >= 15 is 0 Å². The summed E-state index contributed by atoms with van der Waals surface area (Å²) < 4.78 is 4.96. The average Bonchev–Trinajstić information content (AvgIpc) is 2.20. The maximum Gasteiger partial charge on any atom is 0.247 e. The molecule has 4 nitrogen and oxygen atoms in total. The number of allylic oxidation sites excluding steroid dienone is 2. The number of thiol groups is 1. The Hall–Kier alpha value is -0.940. The molecule has 0 radical (unpaired) electrons. The van der Waals surface area contributed by atoms with Crippen molar-refractivity contribution in [1.82, 2.24) is 4.90 Å². The fraction of sp³-hybridized carbons (Fsp3) is 0.500. The van der Waals surface area contributed by atoms with Crippen LogP contribution in [-0.4, -0.2) is 36.4 Å². The van der Waals surface area contributed by atoms with Gasteiger partial charge in [0.15, 0.2) is 0 Å². The zero-order valence-corrected chi connectivity index (χ0v) is 9.61. The molecule has 0 saturated heterocycles. The molecule has 1 amide bonds. The van der Waals surface area contributed by atoms with Crippen LogP contribution in [-0.2, 0) is 9.53 Å². The summed E-state index contributed by atoms with van der Waals surface area (Å²) in [5.74, 6) is -0.420. The number of hydrogen-bond donors (Lipinski definition) is 2. The van der Waals surface area contributed by atoms with Crippen LogP contribution < -0.4 is 5.73 Å². The van der Waals surface area contributed by atoms with Crippen LogP contribution in [0.3, 0.4) is 0 Å². The number of methoxy groups -OCH3 is 1. The van der Waals surface area contributed by atoms with Crippen molar-refractivity contribution in [2.24, 2.45) is 5.73 Å². The first-order valence-electron chi connectivity index (χ1n) is 4.77. The summed E-state index contributed by atoms with van der Waals surface area (Å²) in [6, 6.07) is 0. The minimum Gasteiger partial charge on any atom is -0.385 e. The van der Waals surface area contributed by atoms with Crippen LogP contribution in [0.15, 0.2) is 23.9 Å². The third-order valence-electron chi connectivity index (χ3n) is 2.19. The van der Waals surface area contributed by atoms with Crippen molar-refractivity contribution >= 4 is 18.5 Å². The van der Waals surface area contributed by atoms with Crippen LogP contribution in [0.1, 0.15) is 6.42 Å². The van der Waals surface area contributed by atoms with E-state index in [1.165, 1.54) is 0 Å². The Bertz CT molecular complexity index is 289. The van der Waals surface area contributed by atoms with E-state index in [4.69, 9.17) is 10.5 Å². The quantitative estimate of drug-likeness (QED) is 0.533. The highest BCUT2D eigenvalue weighted by atomic mass is 32.1. The Balaban J connectivity index is 2.53. The van der Waals surface area contributed by atoms with Gasteiger partial charge in [-0.25, -0.2) is 0 Å². The molecular formula is C10H16N2O2S. The van der Waals surface area contributed by atoms with Gasteiger partial charge in [-0.15, -0.1) is 12.6 Å². The number of carbonyl (C=O) groups excluding carboxylic acids is 1. The minimum atomic E-state index is -0.420. The molecule has 2 N–H and O–H groups in total. The van der Waals surface area contributed by atoms with Gasteiger partial charge in [0.05, 0.1) is 0 Å². The van der Waals surface area contributed by atoms with Crippen molar-refractivity contribution in [1.29, 1.82) is 0 Å². The molecule has 0 fully saturated rings. The van der Waals surface area contributed by atoms with Crippen molar-refractivity contribution in [2.45, 2.75) is 11.8 Å². The summed E-state index contributed by atoms with van der Waals surface area (Å²) >= 11 is 4.36. The molecule has 1 heterocycles. The largest absolute Gasteiger partial charge is 0.385 e. The van der Waals surface area contributed by atoms with Crippen LogP contribution >= 0.6 is 12.6 Å². The van der Waals surface area contributed by atoms with Gasteiger partial charge in [0.25, 0.3) is 0 Å². The summed E-state index contributed by atoms with van der Waals surface area (Å²) in [5, 5.41) is -0.246. The van der Waals surface area contributed by atoms with Gasteiger partial charge in [0.1, 0.15) is 5.37 Å². The Morgan fingerprint density at radius 3 is 3.07 bits per heavy atom. The molecular weight excluding hydrogens is 212 g/mol. The SMILES string of the molecule is COCCCN1C=CC=C(C(N)=O)C1S. The van der Waals surface area contributed by atoms with E-state index in [-0.39, 0.29) is 5.37 Å². The van der Waals surface area contributed by atoms with Gasteiger partial charge in [-0.3, -0.25) is 4.79 Å². The van der Waals surface area contributed by atoms with Gasteiger partial charge in [0.2, 0.25) is 5.91 Å². The zero-order chi connectivity index (χ0) is 11.3. The van der Waals surface area contributed by atoms with Crippen LogP contribution in [0.5, 0.6) is 0 Å². The summed E-state index contributed by atoms with van der Waals surface area (Å²) in [5.41, 5.74) is 5.76. The summed E-state index contributed by atoms with van der Waals surface area (Å²) in [7, 11) is 1.67. The van der Waals surface area contributed by atoms with E-state index in [0.29, 0.717) is 12.2 Å². The van der Waals surface area contributed by atoms with Crippen molar-refractivity contribution in [3.63, 3.8) is 0 Å². The highest BCUT2D eigenvalue weighted by Crippen LogP contribution is 2.19. The number of primary amides is 1. The molecule has 0 aliphatic carbocycles. The summed E-state index contributed by atoms with van der Waals surface area (Å²) in [4.78, 5) is 13.0. The first-order chi connectivity index (χ1) is 7.16. The van der Waals surface area contributed by atoms with Crippen molar-refractivity contribution in [3.8, 4) is 0 Å². The maximum atomic E-state index is 11.1. The van der Waals surface area contributed by atoms with Gasteiger partial charge in [-0.1, -0.05) is 0 Å². The Kier molecular flexibility index (Phi) is 4.71. The van der Waals surface area contributed by atoms with Crippen LogP contribution in [0, 0.1) is 0 Å². The molecule has 15 heavy (non-hydrogen) atoms. The molecule has 1 aliphatic heterocycles. The Morgan fingerprint density at radius 2 is 2.47 bits per heavy atom. The number of ether oxygens (including phenoxy) is 1. The second-order valence-corrected chi connectivity index (χ2v) is 3.77. The average molecular weight is 228 g/mol. The van der Waals surface area contributed by atoms with Gasteiger partial charge >= 0.3 is 0 Å². The normalized spacial score (nSPS) is 20.3. The molecule has 1 aliphatic rings. The molecule has 0 saturated carbocycles. The van der Waals surface area contributed by atoms with E-state index < -0.39 is 5.91 Å². The van der Waals surface area contributed by atoms with E-state index in [9.17, 15) is 4.79 Å². The van der Waals surface area contributed by atoms with Gasteiger partial charge < -0.3 is 15.4 Å². The third kappa shape index (κ3) is 3.28. The zero-order valence-electron chi connectivity index (χ0n) is 8.72. The van der Waals surface area contributed by atoms with Crippen molar-refractivity contribution in [3.05, 3.63) is 23.9 Å². The smallest absolute Gasteiger partial charge is 0.247 e. The Morgan fingerprint density at radius 1 is 1.73 bits per heavy atom. The van der Waals surface area contributed by atoms with Gasteiger partial charge in [0, 0.05) is 32.0 Å². The van der Waals surface area contributed by atoms with Crippen LogP contribution in [0.4, 0.5) is 0 Å². The van der Waals surface area contributed by atoms with E-state index in [0.717, 1.165) is 13.0 Å². The predicted octanol–water partition coefficient (Wildman–Crippen LogP) is 0.520.